The minimum absolute atomic E-state index is 0.0133. The van der Waals surface area contributed by atoms with Crippen molar-refractivity contribution >= 4 is 39.5 Å². The van der Waals surface area contributed by atoms with E-state index in [4.69, 9.17) is 19.9 Å². The van der Waals surface area contributed by atoms with E-state index in [1.807, 2.05) is 0 Å². The van der Waals surface area contributed by atoms with Gasteiger partial charge in [0.1, 0.15) is 11.5 Å². The Labute approximate surface area is 210 Å². The number of hydrogen-bond acceptors (Lipinski definition) is 9. The number of nitrogens with zero attached hydrogens (tertiary/aromatic N) is 2. The zero-order valence-electron chi connectivity index (χ0n) is 19.4. The van der Waals surface area contributed by atoms with Crippen LogP contribution in [0.5, 0.6) is 0 Å². The van der Waals surface area contributed by atoms with Crippen LogP contribution in [0.4, 0.5) is 5.69 Å². The molecule has 0 bridgehead atoms. The number of methoxy groups -OCH3 is 3. The Morgan fingerprint density at radius 1 is 1.00 bits per heavy atom. The second kappa shape index (κ2) is 10.4. The van der Waals surface area contributed by atoms with E-state index in [1.54, 1.807) is 43.3 Å². The first kappa shape index (κ1) is 25.5. The molecule has 2 aromatic rings. The Balaban J connectivity index is 2.51. The first-order valence-corrected chi connectivity index (χ1v) is 11.0. The van der Waals surface area contributed by atoms with Crippen molar-refractivity contribution in [1.29, 1.82) is 5.26 Å². The van der Waals surface area contributed by atoms with E-state index in [9.17, 15) is 19.6 Å². The number of nitriles is 1. The van der Waals surface area contributed by atoms with Gasteiger partial charge in [0.2, 0.25) is 0 Å². The van der Waals surface area contributed by atoms with Crippen molar-refractivity contribution in [3.05, 3.63) is 86.3 Å². The Bertz CT molecular complexity index is 1310. The molecule has 1 aliphatic heterocycles. The summed E-state index contributed by atoms with van der Waals surface area (Å²) in [6.45, 7) is 1.76. The van der Waals surface area contributed by atoms with Gasteiger partial charge in [-0.3, -0.25) is 4.90 Å². The molecule has 1 atom stereocenters. The SMILES string of the molecule is COC(=O)C1=C(C(=O)OC)N(c2cc(C)c(Br)cc2C(=O)OC)C(N)=C(C#N)C1c1ccccc1. The molecule has 0 fully saturated rings. The summed E-state index contributed by atoms with van der Waals surface area (Å²) in [6.07, 6.45) is 0. The average molecular weight is 540 g/mol. The van der Waals surface area contributed by atoms with Crippen LogP contribution < -0.4 is 10.6 Å². The molecular formula is C25H22BrN3O6. The number of benzene rings is 2. The number of carbonyl (C=O) groups excluding carboxylic acids is 3. The monoisotopic (exact) mass is 539 g/mol. The number of ether oxygens (including phenoxy) is 3. The smallest absolute Gasteiger partial charge is 0.355 e. The highest BCUT2D eigenvalue weighted by Gasteiger charge is 2.43. The molecule has 3 rings (SSSR count). The third-order valence-corrected chi connectivity index (χ3v) is 6.39. The third-order valence-electron chi connectivity index (χ3n) is 5.53. The largest absolute Gasteiger partial charge is 0.466 e. The molecule has 0 amide bonds. The zero-order valence-corrected chi connectivity index (χ0v) is 21.0. The number of carbonyl (C=O) groups is 3. The number of nitrogens with two attached hydrogens (primary N) is 1. The van der Waals surface area contributed by atoms with Gasteiger partial charge in [0.15, 0.2) is 0 Å². The van der Waals surface area contributed by atoms with Crippen molar-refractivity contribution in [2.24, 2.45) is 5.73 Å². The Morgan fingerprint density at radius 3 is 2.14 bits per heavy atom. The van der Waals surface area contributed by atoms with Crippen LogP contribution in [-0.2, 0) is 23.8 Å². The van der Waals surface area contributed by atoms with Gasteiger partial charge in [-0.1, -0.05) is 46.3 Å². The van der Waals surface area contributed by atoms with Gasteiger partial charge < -0.3 is 19.9 Å². The van der Waals surface area contributed by atoms with Crippen molar-refractivity contribution in [2.45, 2.75) is 12.8 Å². The van der Waals surface area contributed by atoms with E-state index in [0.29, 0.717) is 15.6 Å². The number of allylic oxidation sites excluding steroid dienone is 1. The molecular weight excluding hydrogens is 518 g/mol. The standard InChI is InChI=1S/C25H22BrN3O6/c1-13-10-18(15(11-17(13)26)23(30)33-2)29-21(25(32)35-4)20(24(31)34-3)19(16(12-27)22(29)28)14-8-6-5-7-9-14/h5-11,19H,28H2,1-4H3. The lowest BCUT2D eigenvalue weighted by molar-refractivity contribution is -0.139. The van der Waals surface area contributed by atoms with Crippen LogP contribution in [0.3, 0.4) is 0 Å². The Morgan fingerprint density at radius 2 is 1.60 bits per heavy atom. The molecule has 35 heavy (non-hydrogen) atoms. The van der Waals surface area contributed by atoms with Gasteiger partial charge in [0, 0.05) is 4.47 Å². The van der Waals surface area contributed by atoms with E-state index in [0.717, 1.165) is 14.2 Å². The molecule has 0 spiro atoms. The Hall–Kier alpha value is -4.10. The summed E-state index contributed by atoms with van der Waals surface area (Å²) in [5, 5.41) is 10.1. The summed E-state index contributed by atoms with van der Waals surface area (Å²) >= 11 is 3.39. The number of esters is 3. The first-order chi connectivity index (χ1) is 16.7. The lowest BCUT2D eigenvalue weighted by Crippen LogP contribution is -2.41. The summed E-state index contributed by atoms with van der Waals surface area (Å²) in [4.78, 5) is 40.2. The highest BCUT2D eigenvalue weighted by atomic mass is 79.9. The van der Waals surface area contributed by atoms with Crippen LogP contribution in [0.25, 0.3) is 0 Å². The zero-order chi connectivity index (χ0) is 25.9. The van der Waals surface area contributed by atoms with Crippen molar-refractivity contribution in [3.63, 3.8) is 0 Å². The fourth-order valence-corrected chi connectivity index (χ4v) is 4.23. The maximum absolute atomic E-state index is 13.2. The van der Waals surface area contributed by atoms with E-state index in [2.05, 4.69) is 22.0 Å². The van der Waals surface area contributed by atoms with Gasteiger partial charge >= 0.3 is 17.9 Å². The highest BCUT2D eigenvalue weighted by molar-refractivity contribution is 9.10. The van der Waals surface area contributed by atoms with Crippen LogP contribution >= 0.6 is 15.9 Å². The predicted octanol–water partition coefficient (Wildman–Crippen LogP) is 3.44. The van der Waals surface area contributed by atoms with Crippen molar-refractivity contribution < 1.29 is 28.6 Å². The molecule has 9 nitrogen and oxygen atoms in total. The number of rotatable bonds is 5. The summed E-state index contributed by atoms with van der Waals surface area (Å²) in [6, 6.07) is 13.8. The summed E-state index contributed by atoms with van der Waals surface area (Å²) in [5.41, 5.74) is 7.43. The molecule has 10 heteroatoms. The molecule has 0 aliphatic carbocycles. The molecule has 180 valence electrons. The van der Waals surface area contributed by atoms with Gasteiger partial charge in [-0.05, 0) is 30.2 Å². The number of anilines is 1. The van der Waals surface area contributed by atoms with E-state index in [-0.39, 0.29) is 33.9 Å². The normalized spacial score (nSPS) is 15.4. The minimum atomic E-state index is -1.02. The van der Waals surface area contributed by atoms with Crippen molar-refractivity contribution in [3.8, 4) is 6.07 Å². The summed E-state index contributed by atoms with van der Waals surface area (Å²) in [5.74, 6) is -3.67. The molecule has 1 unspecified atom stereocenters. The van der Waals surface area contributed by atoms with Crippen LogP contribution in [0, 0.1) is 18.3 Å². The number of hydrogen-bond donors (Lipinski definition) is 1. The van der Waals surface area contributed by atoms with Crippen molar-refractivity contribution in [2.75, 3.05) is 26.2 Å². The highest BCUT2D eigenvalue weighted by Crippen LogP contribution is 2.44. The second-order valence-corrected chi connectivity index (χ2v) is 8.30. The lowest BCUT2D eigenvalue weighted by Gasteiger charge is -2.36. The molecule has 1 aliphatic rings. The molecule has 1 heterocycles. The minimum Gasteiger partial charge on any atom is -0.466 e. The molecule has 0 saturated carbocycles. The summed E-state index contributed by atoms with van der Waals surface area (Å²) < 4.78 is 15.6. The molecule has 2 N–H and O–H groups in total. The quantitative estimate of drug-likeness (QED) is 0.448. The molecule has 2 aromatic carbocycles. The van der Waals surface area contributed by atoms with Gasteiger partial charge in [-0.2, -0.15) is 5.26 Å². The summed E-state index contributed by atoms with van der Waals surface area (Å²) in [7, 11) is 3.51. The van der Waals surface area contributed by atoms with E-state index < -0.39 is 23.8 Å². The maximum Gasteiger partial charge on any atom is 0.355 e. The maximum atomic E-state index is 13.2. The van der Waals surface area contributed by atoms with Gasteiger partial charge in [0.25, 0.3) is 0 Å². The average Bonchev–Trinajstić information content (AvgIpc) is 2.88. The van der Waals surface area contributed by atoms with Crippen molar-refractivity contribution in [1.82, 2.24) is 0 Å². The first-order valence-electron chi connectivity index (χ1n) is 10.3. The predicted molar refractivity (Wildman–Crippen MR) is 130 cm³/mol. The number of halogens is 1. The van der Waals surface area contributed by atoms with E-state index >= 15 is 0 Å². The molecule has 0 aromatic heterocycles. The van der Waals surface area contributed by atoms with Crippen LogP contribution in [-0.4, -0.2) is 39.2 Å². The third kappa shape index (κ3) is 4.50. The lowest BCUT2D eigenvalue weighted by atomic mass is 9.80. The topological polar surface area (TPSA) is 132 Å². The van der Waals surface area contributed by atoms with E-state index in [1.165, 1.54) is 18.1 Å². The van der Waals surface area contributed by atoms with Crippen LogP contribution in [0.15, 0.2) is 69.6 Å². The molecule has 0 saturated heterocycles. The van der Waals surface area contributed by atoms with Gasteiger partial charge in [-0.25, -0.2) is 14.4 Å². The fraction of sp³-hybridized carbons (Fsp3) is 0.200. The van der Waals surface area contributed by atoms with Crippen LogP contribution in [0.2, 0.25) is 0 Å². The van der Waals surface area contributed by atoms with Crippen LogP contribution in [0.1, 0.15) is 27.4 Å². The Kier molecular flexibility index (Phi) is 7.62. The number of aryl methyl sites for hydroxylation is 1. The molecule has 0 radical (unpaired) electrons. The second-order valence-electron chi connectivity index (χ2n) is 7.45. The van der Waals surface area contributed by atoms with Gasteiger partial charge in [0.05, 0.1) is 55.7 Å². The fourth-order valence-electron chi connectivity index (χ4n) is 3.89. The van der Waals surface area contributed by atoms with Gasteiger partial charge in [-0.15, -0.1) is 0 Å².